The Balaban J connectivity index is 9.95. The molecule has 0 atom stereocenters. The number of hydrogen-bond donors (Lipinski definition) is 0. The summed E-state index contributed by atoms with van der Waals surface area (Å²) >= 11 is 0. The highest BCUT2D eigenvalue weighted by molar-refractivity contribution is 5.22. The largest absolute Gasteiger partial charge is 0.460 e. The van der Waals surface area contributed by atoms with Crippen LogP contribution in [0.4, 0.5) is 373 Å². The van der Waals surface area contributed by atoms with Crippen LogP contribution in [0.15, 0.2) is 0 Å². The zero-order valence-electron chi connectivity index (χ0n) is 66.9. The average Bonchev–Trinajstić information content (AvgIpc) is 0.708. The summed E-state index contributed by atoms with van der Waals surface area (Å²) in [5.41, 5.74) is 0. The van der Waals surface area contributed by atoms with Gasteiger partial charge >= 0.3 is 238 Å². The van der Waals surface area contributed by atoms with Crippen molar-refractivity contribution < 1.29 is 373 Å². The molecule has 0 aromatic rings. The molecular formula is C59H38F85N3. The Morgan fingerprint density at radius 3 is 0.231 bits per heavy atom. The monoisotopic (exact) mass is 2400 g/mol. The van der Waals surface area contributed by atoms with Crippen LogP contribution < -0.4 is 0 Å². The smallest absolute Gasteiger partial charge is 0.302 e. The molecule has 0 spiro atoms. The summed E-state index contributed by atoms with van der Waals surface area (Å²) < 4.78 is 1200. The standard InChI is InChI=1S/C59H38F85N3/c60-20(61,25(70,71)30(80,81)35(90,91)40(100,101)45(110,111)50(120,121)55(130,131)132)6-1-11-145(12-2-7-21(62,63)26(72,73)31(82,83)36(92,93)41(102,103)46(112,113)51(122,123)56(133,134)135)16-18-147(15-5-10-24(68,69)29(78,79)34(88,89)39(98,99)44(108,109)49(118,119)54(128,129)59(142,143)144)19-17-146(13-3-8-22(64,65)27(74,75)32(84,85)37(94,95)42(104,105)47(114,115)52(124,125)57(136,137)138)14-4-9-23(66,67)28(76,77)33(86,87)38(96,97)43(106,107)48(116,117)53(126,127)58(139,140)141/h1-19H2. The van der Waals surface area contributed by atoms with Crippen molar-refractivity contribution in [2.24, 2.45) is 0 Å². The molecule has 0 aliphatic heterocycles. The van der Waals surface area contributed by atoms with E-state index in [0.717, 1.165) is 0 Å². The number of rotatable bonds is 56. The molecule has 0 amide bonds. The van der Waals surface area contributed by atoms with Crippen LogP contribution in [0.1, 0.15) is 64.2 Å². The first-order valence-corrected chi connectivity index (χ1v) is 35.4. The first kappa shape index (κ1) is 141. The molecule has 0 aromatic heterocycles. The van der Waals surface area contributed by atoms with Gasteiger partial charge in [-0.3, -0.25) is 0 Å². The SMILES string of the molecule is FC(F)(F)C(F)(F)C(F)(F)C(F)(F)C(F)(F)C(F)(F)C(F)(F)C(F)(F)CCCN(CCCC(F)(F)C(F)(F)C(F)(F)C(F)(F)C(F)(F)C(F)(F)C(F)(F)C(F)(F)F)CCN(CCCC(F)(F)C(F)(F)C(F)(F)C(F)(F)C(F)(F)C(F)(F)C(F)(F)C(F)(F)F)CCN(CCCC(F)(F)C(F)(F)C(F)(F)C(F)(F)C(F)(F)C(F)(F)C(F)(F)C(F)(F)F)CCCC(F)(F)C(F)(F)C(F)(F)C(F)(F)C(F)(F)C(F)(F)C(F)(F)C(F)(F)F. The second-order valence-electron chi connectivity index (χ2n) is 30.3. The fraction of sp³-hybridized carbons (Fsp3) is 1.00. The molecule has 0 N–H and O–H groups in total. The topological polar surface area (TPSA) is 9.72 Å². The lowest BCUT2D eigenvalue weighted by atomic mass is 9.88. The molecule has 0 heterocycles. The van der Waals surface area contributed by atoms with Crippen molar-refractivity contribution in [3.63, 3.8) is 0 Å². The number of halogens is 85. The molecule has 0 bridgehead atoms. The Hall–Kier alpha value is -6.07. The van der Waals surface area contributed by atoms with E-state index in [9.17, 15) is 321 Å². The molecule has 884 valence electrons. The van der Waals surface area contributed by atoms with Crippen LogP contribution >= 0.6 is 0 Å². The van der Waals surface area contributed by atoms with E-state index >= 15 is 52.7 Å². The maximum absolute atomic E-state index is 15.3. The molecule has 0 saturated heterocycles. The Morgan fingerprint density at radius 1 is 0.0816 bits per heavy atom. The zero-order valence-corrected chi connectivity index (χ0v) is 66.9. The lowest BCUT2D eigenvalue weighted by Crippen LogP contribution is -2.74. The van der Waals surface area contributed by atoms with Crippen molar-refractivity contribution in [1.29, 1.82) is 0 Å². The zero-order chi connectivity index (χ0) is 120. The highest BCUT2D eigenvalue weighted by atomic mass is 19.5. The fourth-order valence-electron chi connectivity index (χ4n) is 11.0. The first-order valence-electron chi connectivity index (χ1n) is 35.4. The molecule has 0 fully saturated rings. The molecule has 0 aromatic carbocycles. The fourth-order valence-corrected chi connectivity index (χ4v) is 11.0. The van der Waals surface area contributed by atoms with Gasteiger partial charge in [-0.2, -0.15) is 373 Å². The third-order valence-corrected chi connectivity index (χ3v) is 20.2. The van der Waals surface area contributed by atoms with Gasteiger partial charge in [-0.1, -0.05) is 0 Å². The van der Waals surface area contributed by atoms with Gasteiger partial charge in [-0.05, 0) is 64.8 Å². The summed E-state index contributed by atoms with van der Waals surface area (Å²) in [5, 5.41) is 0. The Morgan fingerprint density at radius 2 is 0.150 bits per heavy atom. The summed E-state index contributed by atoms with van der Waals surface area (Å²) in [4.78, 5) is -3.48. The van der Waals surface area contributed by atoms with Crippen LogP contribution in [0.3, 0.4) is 0 Å². The highest BCUT2D eigenvalue weighted by Gasteiger charge is 3.02. The van der Waals surface area contributed by atoms with E-state index < -0.39 is 376 Å². The molecule has 147 heavy (non-hydrogen) atoms. The van der Waals surface area contributed by atoms with Gasteiger partial charge in [0.2, 0.25) is 0 Å². The Kier molecular flexibility index (Phi) is 37.7. The van der Waals surface area contributed by atoms with E-state index in [1.807, 2.05) is 0 Å². The maximum atomic E-state index is 15.3. The summed E-state index contributed by atoms with van der Waals surface area (Å²) in [7, 11) is 0. The van der Waals surface area contributed by atoms with Crippen LogP contribution in [0.2, 0.25) is 0 Å². The van der Waals surface area contributed by atoms with Crippen LogP contribution in [0, 0.1) is 0 Å². The Labute approximate surface area is 749 Å². The van der Waals surface area contributed by atoms with E-state index in [4.69, 9.17) is 0 Å². The van der Waals surface area contributed by atoms with E-state index in [-0.39, 0.29) is 0 Å². The second-order valence-corrected chi connectivity index (χ2v) is 30.3. The average molecular weight is 2400 g/mol. The van der Waals surface area contributed by atoms with Crippen LogP contribution in [0.5, 0.6) is 0 Å². The van der Waals surface area contributed by atoms with Crippen LogP contribution in [-0.2, 0) is 0 Å². The van der Waals surface area contributed by atoms with Crippen molar-refractivity contribution in [2.75, 3.05) is 58.9 Å². The molecule has 3 nitrogen and oxygen atoms in total. The van der Waals surface area contributed by atoms with Gasteiger partial charge in [0, 0.05) is 58.3 Å². The van der Waals surface area contributed by atoms with Crippen LogP contribution in [-0.4, -0.2) is 312 Å². The molecule has 0 unspecified atom stereocenters. The number of hydrogen-bond acceptors (Lipinski definition) is 3. The minimum absolute atomic E-state index is 1.09. The van der Waals surface area contributed by atoms with Crippen molar-refractivity contribution in [1.82, 2.24) is 14.7 Å². The minimum atomic E-state index is -9.77. The highest BCUT2D eigenvalue weighted by Crippen LogP contribution is 2.73. The second kappa shape index (κ2) is 39.4. The summed E-state index contributed by atoms with van der Waals surface area (Å²) in [6.07, 6.45) is -80.6. The normalized spacial score (nSPS) is 16.9. The van der Waals surface area contributed by atoms with Gasteiger partial charge in [0.05, 0.1) is 0 Å². The van der Waals surface area contributed by atoms with Gasteiger partial charge < -0.3 is 14.7 Å². The Bertz CT molecular complexity index is 3870. The third-order valence-electron chi connectivity index (χ3n) is 20.2. The van der Waals surface area contributed by atoms with Gasteiger partial charge in [-0.15, -0.1) is 0 Å². The van der Waals surface area contributed by atoms with Gasteiger partial charge in [0.1, 0.15) is 0 Å². The maximum Gasteiger partial charge on any atom is 0.460 e. The van der Waals surface area contributed by atoms with Crippen molar-refractivity contribution in [2.45, 2.75) is 302 Å². The number of alkyl halides is 85. The van der Waals surface area contributed by atoms with E-state index in [1.54, 1.807) is 0 Å². The lowest BCUT2D eigenvalue weighted by molar-refractivity contribution is -0.461. The van der Waals surface area contributed by atoms with Gasteiger partial charge in [0.25, 0.3) is 0 Å². The minimum Gasteiger partial charge on any atom is -0.302 e. The molecule has 0 aliphatic rings. The van der Waals surface area contributed by atoms with Gasteiger partial charge in [0.15, 0.2) is 0 Å². The quantitative estimate of drug-likeness (QED) is 0.0562. The molecule has 0 aliphatic carbocycles. The van der Waals surface area contributed by atoms with E-state index in [1.165, 1.54) is 0 Å². The van der Waals surface area contributed by atoms with Crippen molar-refractivity contribution in [3.05, 3.63) is 0 Å². The van der Waals surface area contributed by atoms with Gasteiger partial charge in [-0.25, -0.2) is 0 Å². The molecule has 0 rings (SSSR count). The van der Waals surface area contributed by atoms with E-state index in [0.29, 0.717) is 0 Å². The van der Waals surface area contributed by atoms with Crippen LogP contribution in [0.25, 0.3) is 0 Å². The molecular weight excluding hydrogens is 2370 g/mol. The number of nitrogens with zero attached hydrogens (tertiary/aromatic N) is 3. The predicted octanol–water partition coefficient (Wildman–Crippen LogP) is 30.8. The molecule has 0 radical (unpaired) electrons. The van der Waals surface area contributed by atoms with E-state index in [2.05, 4.69) is 0 Å². The summed E-state index contributed by atoms with van der Waals surface area (Å²) in [5.74, 6) is -324. The first-order chi connectivity index (χ1) is 62.7. The van der Waals surface area contributed by atoms with Crippen molar-refractivity contribution in [3.8, 4) is 0 Å². The summed E-state index contributed by atoms with van der Waals surface area (Å²) in [6.45, 7) is -26.8. The third kappa shape index (κ3) is 21.3. The molecule has 0 saturated carbocycles. The predicted molar refractivity (Wildman–Crippen MR) is 299 cm³/mol. The summed E-state index contributed by atoms with van der Waals surface area (Å²) in [6, 6.07) is 0. The lowest BCUT2D eigenvalue weighted by Gasteiger charge is -2.43. The van der Waals surface area contributed by atoms with Crippen molar-refractivity contribution >= 4 is 0 Å². The molecule has 88 heteroatoms.